The number of aromatic nitrogens is 1. The van der Waals surface area contributed by atoms with Crippen LogP contribution < -0.4 is 26.0 Å². The highest BCUT2D eigenvalue weighted by Crippen LogP contribution is 2.50. The number of ether oxygens (including phenoxy) is 1. The maximum atomic E-state index is 7.44. The van der Waals surface area contributed by atoms with Crippen LogP contribution >= 0.6 is 11.3 Å². The van der Waals surface area contributed by atoms with Crippen molar-refractivity contribution < 1.29 is 4.74 Å². The Bertz CT molecular complexity index is 4020. The molecule has 0 N–H and O–H groups in total. The minimum atomic E-state index is -0.118. The fraction of sp³-hybridized carbons (Fsp3) is 0.235. The van der Waals surface area contributed by atoms with Crippen molar-refractivity contribution in [3.63, 3.8) is 0 Å². The Morgan fingerprint density at radius 2 is 0.986 bits per heavy atom. The zero-order valence-electron chi connectivity index (χ0n) is 44.4. The van der Waals surface area contributed by atoms with E-state index in [0.29, 0.717) is 0 Å². The predicted octanol–water partition coefficient (Wildman–Crippen LogP) is 17.6. The van der Waals surface area contributed by atoms with Crippen LogP contribution in [-0.2, 0) is 21.7 Å². The van der Waals surface area contributed by atoms with Gasteiger partial charge in [-0.2, -0.15) is 0 Å². The van der Waals surface area contributed by atoms with Gasteiger partial charge in [-0.25, -0.2) is 0 Å². The summed E-state index contributed by atoms with van der Waals surface area (Å²) in [4.78, 5) is 2.58. The average molecular weight is 967 g/mol. The normalized spacial score (nSPS) is 13.8. The summed E-state index contributed by atoms with van der Waals surface area (Å²) in [5.41, 5.74) is 18.4. The van der Waals surface area contributed by atoms with Gasteiger partial charge in [-0.3, -0.25) is 0 Å². The Morgan fingerprint density at radius 1 is 0.438 bits per heavy atom. The third kappa shape index (κ3) is 7.13. The molecule has 0 fully saturated rings. The number of benzene rings is 9. The second kappa shape index (κ2) is 15.7. The molecule has 0 saturated carbocycles. The molecular formula is C68H63BN2OS. The SMILES string of the molecule is CC(C)(C)c1ccc(-c2cc3c4c(c2)N(c2ccc(C(C)(C)C)cc2)c2cc(-n5c6ccc(C(C)(C)C)cc6c6cc(C(C)(C)C)ccc65)c5sc6ccccc6c5c2B4c2ccc4ccccc4c2O3)cc1. The van der Waals surface area contributed by atoms with E-state index >= 15 is 0 Å². The molecule has 0 amide bonds. The van der Waals surface area contributed by atoms with E-state index in [4.69, 9.17) is 4.74 Å². The van der Waals surface area contributed by atoms with Crippen molar-refractivity contribution in [1.82, 2.24) is 4.57 Å². The molecule has 0 unspecified atom stereocenters. The lowest BCUT2D eigenvalue weighted by Gasteiger charge is -2.41. The number of hydrogen-bond acceptors (Lipinski definition) is 3. The molecule has 2 aliphatic rings. The van der Waals surface area contributed by atoms with E-state index in [0.717, 1.165) is 33.8 Å². The molecule has 11 aromatic rings. The minimum absolute atomic E-state index is 0.00672. The molecule has 0 atom stereocenters. The first-order chi connectivity index (χ1) is 34.7. The fourth-order valence-corrected chi connectivity index (χ4v) is 13.2. The molecule has 13 rings (SSSR count). The first kappa shape index (κ1) is 45.8. The van der Waals surface area contributed by atoms with Crippen LogP contribution in [0.3, 0.4) is 0 Å². The van der Waals surface area contributed by atoms with Gasteiger partial charge in [-0.05, 0) is 148 Å². The smallest absolute Gasteiger partial charge is 0.257 e. The van der Waals surface area contributed by atoms with Crippen LogP contribution in [0.2, 0.25) is 0 Å². The molecule has 3 nitrogen and oxygen atoms in total. The van der Waals surface area contributed by atoms with Gasteiger partial charge in [-0.1, -0.05) is 186 Å². The van der Waals surface area contributed by atoms with E-state index in [1.54, 1.807) is 0 Å². The second-order valence-corrected chi connectivity index (χ2v) is 26.1. The van der Waals surface area contributed by atoms with Gasteiger partial charge in [0.15, 0.2) is 0 Å². The summed E-state index contributed by atoms with van der Waals surface area (Å²) in [6, 6.07) is 62.9. The van der Waals surface area contributed by atoms with E-state index in [9.17, 15) is 0 Å². The van der Waals surface area contributed by atoms with Crippen molar-refractivity contribution in [2.24, 2.45) is 0 Å². The summed E-state index contributed by atoms with van der Waals surface area (Å²) in [6.07, 6.45) is 0. The van der Waals surface area contributed by atoms with Crippen molar-refractivity contribution in [3.05, 3.63) is 186 Å². The highest BCUT2D eigenvalue weighted by atomic mass is 32.1. The molecule has 73 heavy (non-hydrogen) atoms. The van der Waals surface area contributed by atoms with Crippen molar-refractivity contribution in [2.75, 3.05) is 4.90 Å². The summed E-state index contributed by atoms with van der Waals surface area (Å²) >= 11 is 1.92. The minimum Gasteiger partial charge on any atom is -0.458 e. The van der Waals surface area contributed by atoms with E-state index in [2.05, 4.69) is 256 Å². The monoisotopic (exact) mass is 966 g/mol. The molecule has 9 aromatic carbocycles. The Labute approximate surface area is 435 Å². The summed E-state index contributed by atoms with van der Waals surface area (Å²) in [5.74, 6) is 1.85. The molecule has 360 valence electrons. The second-order valence-electron chi connectivity index (χ2n) is 25.0. The van der Waals surface area contributed by atoms with Crippen LogP contribution in [0.4, 0.5) is 17.1 Å². The molecule has 2 aromatic heterocycles. The summed E-state index contributed by atoms with van der Waals surface area (Å²) in [6.45, 7) is 27.6. The van der Waals surface area contributed by atoms with Gasteiger partial charge in [0.05, 0.1) is 21.4 Å². The Hall–Kier alpha value is -7.08. The summed E-state index contributed by atoms with van der Waals surface area (Å²) in [5, 5.41) is 7.47. The number of anilines is 3. The van der Waals surface area contributed by atoms with Crippen LogP contribution in [0.5, 0.6) is 11.5 Å². The number of rotatable bonds is 3. The van der Waals surface area contributed by atoms with Gasteiger partial charge in [0.2, 0.25) is 0 Å². The first-order valence-electron chi connectivity index (χ1n) is 26.2. The maximum Gasteiger partial charge on any atom is 0.257 e. The number of hydrogen-bond donors (Lipinski definition) is 0. The maximum absolute atomic E-state index is 7.44. The largest absolute Gasteiger partial charge is 0.458 e. The first-order valence-corrected chi connectivity index (χ1v) is 27.0. The highest BCUT2D eigenvalue weighted by Gasteiger charge is 2.45. The lowest BCUT2D eigenvalue weighted by Crippen LogP contribution is -2.59. The third-order valence-corrected chi connectivity index (χ3v) is 17.3. The topological polar surface area (TPSA) is 17.4 Å². The molecule has 0 bridgehead atoms. The molecule has 0 saturated heterocycles. The number of fused-ring (bicyclic) bond motifs is 13. The van der Waals surface area contributed by atoms with E-state index in [-0.39, 0.29) is 28.4 Å². The Balaban J connectivity index is 1.20. The quantitative estimate of drug-likeness (QED) is 0.164. The zero-order chi connectivity index (χ0) is 50.7. The average Bonchev–Trinajstić information content (AvgIpc) is 3.92. The number of nitrogens with zero attached hydrogens (tertiary/aromatic N) is 2. The molecule has 0 radical (unpaired) electrons. The van der Waals surface area contributed by atoms with Gasteiger partial charge in [0.1, 0.15) is 11.5 Å². The molecule has 0 aliphatic carbocycles. The van der Waals surface area contributed by atoms with E-state index in [1.165, 1.54) is 103 Å². The highest BCUT2D eigenvalue weighted by molar-refractivity contribution is 7.26. The van der Waals surface area contributed by atoms with Crippen LogP contribution in [0.15, 0.2) is 164 Å². The van der Waals surface area contributed by atoms with Crippen molar-refractivity contribution >= 4 is 104 Å². The number of thiophene rings is 1. The van der Waals surface area contributed by atoms with Crippen molar-refractivity contribution in [3.8, 4) is 28.3 Å². The summed E-state index contributed by atoms with van der Waals surface area (Å²) in [7, 11) is 0. The van der Waals surface area contributed by atoms with Crippen LogP contribution in [0.25, 0.3) is 69.6 Å². The predicted molar refractivity (Wildman–Crippen MR) is 317 cm³/mol. The lowest BCUT2D eigenvalue weighted by atomic mass is 9.33. The molecular weight excluding hydrogens is 904 g/mol. The third-order valence-electron chi connectivity index (χ3n) is 16.1. The van der Waals surface area contributed by atoms with Gasteiger partial charge >= 0.3 is 0 Å². The molecule has 0 spiro atoms. The standard InChI is InChI=1S/C68H63BN2OS/c1-65(2,3)43-24-21-40(22-25-43)42-35-55-61-58(36-42)72-63-48-18-14-13-17-41(48)23-32-52(63)69(61)62-56(70(55)47-30-26-44(27-31-47)66(4,5)6)39-57(64-60(62)49-19-15-16-20-59(49)73-64)71-53-33-28-45(67(7,8)9)37-50(53)51-38-46(68(10,11)12)29-34-54(51)71/h13-39H,1-12H3. The van der Waals surface area contributed by atoms with E-state index < -0.39 is 0 Å². The molecule has 4 heterocycles. The van der Waals surface area contributed by atoms with E-state index in [1.807, 2.05) is 11.3 Å². The van der Waals surface area contributed by atoms with Gasteiger partial charge in [0.25, 0.3) is 6.71 Å². The Morgan fingerprint density at radius 3 is 1.60 bits per heavy atom. The summed E-state index contributed by atoms with van der Waals surface area (Å²) < 4.78 is 12.6. The molecule has 5 heteroatoms. The van der Waals surface area contributed by atoms with Gasteiger partial charge in [0, 0.05) is 37.9 Å². The van der Waals surface area contributed by atoms with Crippen LogP contribution in [0, 0.1) is 0 Å². The van der Waals surface area contributed by atoms with Crippen molar-refractivity contribution in [2.45, 2.75) is 105 Å². The zero-order valence-corrected chi connectivity index (χ0v) is 45.2. The van der Waals surface area contributed by atoms with Gasteiger partial charge < -0.3 is 14.2 Å². The lowest BCUT2D eigenvalue weighted by molar-refractivity contribution is 0.493. The molecule has 2 aliphatic heterocycles. The van der Waals surface area contributed by atoms with Crippen LogP contribution in [-0.4, -0.2) is 11.3 Å². The Kier molecular flexibility index (Phi) is 9.85. The van der Waals surface area contributed by atoms with Crippen molar-refractivity contribution in [1.29, 1.82) is 0 Å². The van der Waals surface area contributed by atoms with Gasteiger partial charge in [-0.15, -0.1) is 11.3 Å². The van der Waals surface area contributed by atoms with Crippen LogP contribution in [0.1, 0.15) is 105 Å². The fourth-order valence-electron chi connectivity index (χ4n) is 11.9.